The van der Waals surface area contributed by atoms with Crippen molar-refractivity contribution in [1.82, 2.24) is 5.32 Å². The predicted molar refractivity (Wildman–Crippen MR) is 109 cm³/mol. The van der Waals surface area contributed by atoms with Crippen molar-refractivity contribution in [3.63, 3.8) is 0 Å². The van der Waals surface area contributed by atoms with Crippen LogP contribution in [0.15, 0.2) is 18.2 Å². The van der Waals surface area contributed by atoms with Crippen LogP contribution < -0.4 is 16.4 Å². The average Bonchev–Trinajstić information content (AvgIpc) is 3.55. The number of nitrogens with one attached hydrogen (secondary N) is 2. The van der Waals surface area contributed by atoms with Crippen LogP contribution in [0.4, 0.5) is 5.69 Å². The van der Waals surface area contributed by atoms with Gasteiger partial charge in [0.15, 0.2) is 0 Å². The summed E-state index contributed by atoms with van der Waals surface area (Å²) in [6.07, 6.45) is 9.88. The third-order valence-corrected chi connectivity index (χ3v) is 7.13. The number of hydrogen-bond acceptors (Lipinski definition) is 3. The maximum atomic E-state index is 12.6. The van der Waals surface area contributed by atoms with Crippen molar-refractivity contribution in [1.29, 1.82) is 0 Å². The van der Waals surface area contributed by atoms with E-state index >= 15 is 0 Å². The van der Waals surface area contributed by atoms with Gasteiger partial charge in [0.05, 0.1) is 12.1 Å². The Kier molecular flexibility index (Phi) is 4.66. The summed E-state index contributed by atoms with van der Waals surface area (Å²) in [4.78, 5) is 24.9. The van der Waals surface area contributed by atoms with Crippen molar-refractivity contribution >= 4 is 17.5 Å². The van der Waals surface area contributed by atoms with Gasteiger partial charge in [0.1, 0.15) is 0 Å². The summed E-state index contributed by atoms with van der Waals surface area (Å²) in [7, 11) is 0. The molecule has 0 saturated heterocycles. The summed E-state index contributed by atoms with van der Waals surface area (Å²) in [6.45, 7) is 0. The molecule has 28 heavy (non-hydrogen) atoms. The molecular formula is C23H31N3O2. The number of carbonyl (C=O) groups excluding carboxylic acids is 2. The number of nitrogens with two attached hydrogens (primary N) is 1. The lowest BCUT2D eigenvalue weighted by Crippen LogP contribution is -2.43. The first-order valence-electron chi connectivity index (χ1n) is 11.1. The van der Waals surface area contributed by atoms with E-state index in [-0.39, 0.29) is 23.9 Å². The topological polar surface area (TPSA) is 84.2 Å². The molecule has 0 unspecified atom stereocenters. The van der Waals surface area contributed by atoms with Crippen molar-refractivity contribution in [3.05, 3.63) is 29.3 Å². The van der Waals surface area contributed by atoms with Crippen LogP contribution in [0.25, 0.3) is 0 Å². The van der Waals surface area contributed by atoms with Crippen LogP contribution in [-0.2, 0) is 16.0 Å². The molecule has 2 atom stereocenters. The Bertz CT molecular complexity index is 768. The standard InChI is InChI=1S/C23H31N3O2/c24-22(15-5-6-15)23(28)26-20-10-7-16-11-17(8-9-18(16)20)25-21(27)12-19(13-1-2-13)14-3-4-14/h8-9,11,13-15,19-20,22H,1-7,10,12,24H2,(H,25,27)(H,26,28)/t20-,22-/m1/s1. The number of carbonyl (C=O) groups is 2. The Morgan fingerprint density at radius 1 is 1.00 bits per heavy atom. The van der Waals surface area contributed by atoms with Crippen molar-refractivity contribution in [2.45, 2.75) is 69.9 Å². The van der Waals surface area contributed by atoms with Gasteiger partial charge in [0.25, 0.3) is 0 Å². The van der Waals surface area contributed by atoms with Crippen molar-refractivity contribution in [2.24, 2.45) is 29.4 Å². The molecule has 2 amide bonds. The zero-order valence-electron chi connectivity index (χ0n) is 16.5. The Hall–Kier alpha value is -1.88. The highest BCUT2D eigenvalue weighted by atomic mass is 16.2. The molecule has 0 spiro atoms. The van der Waals surface area contributed by atoms with E-state index in [1.165, 1.54) is 36.8 Å². The van der Waals surface area contributed by atoms with E-state index in [0.29, 0.717) is 18.3 Å². The number of anilines is 1. The van der Waals surface area contributed by atoms with Gasteiger partial charge >= 0.3 is 0 Å². The highest BCUT2D eigenvalue weighted by Crippen LogP contribution is 2.50. The molecule has 0 aliphatic heterocycles. The zero-order valence-corrected chi connectivity index (χ0v) is 16.5. The number of benzene rings is 1. The largest absolute Gasteiger partial charge is 0.348 e. The van der Waals surface area contributed by atoms with Gasteiger partial charge in [-0.2, -0.15) is 0 Å². The monoisotopic (exact) mass is 381 g/mol. The lowest BCUT2D eigenvalue weighted by molar-refractivity contribution is -0.123. The minimum absolute atomic E-state index is 0.0241. The number of amides is 2. The van der Waals surface area contributed by atoms with Gasteiger partial charge < -0.3 is 16.4 Å². The van der Waals surface area contributed by atoms with E-state index in [2.05, 4.69) is 22.8 Å². The molecular weight excluding hydrogens is 350 g/mol. The van der Waals surface area contributed by atoms with E-state index < -0.39 is 0 Å². The summed E-state index contributed by atoms with van der Waals surface area (Å²) in [6, 6.07) is 5.80. The third kappa shape index (κ3) is 3.95. The van der Waals surface area contributed by atoms with Crippen LogP contribution >= 0.6 is 0 Å². The number of fused-ring (bicyclic) bond motifs is 1. The molecule has 4 N–H and O–H groups in total. The van der Waals surface area contributed by atoms with E-state index in [4.69, 9.17) is 5.73 Å². The van der Waals surface area contributed by atoms with E-state index in [1.54, 1.807) is 0 Å². The molecule has 1 aromatic carbocycles. The molecule has 0 aromatic heterocycles. The number of rotatable bonds is 8. The second-order valence-corrected chi connectivity index (χ2v) is 9.47. The molecule has 3 fully saturated rings. The average molecular weight is 382 g/mol. The van der Waals surface area contributed by atoms with Crippen LogP contribution in [0, 0.1) is 23.7 Å². The second-order valence-electron chi connectivity index (χ2n) is 9.47. The van der Waals surface area contributed by atoms with Gasteiger partial charge in [-0.1, -0.05) is 6.07 Å². The molecule has 4 aliphatic rings. The second kappa shape index (κ2) is 7.18. The van der Waals surface area contributed by atoms with Gasteiger partial charge in [0, 0.05) is 12.1 Å². The van der Waals surface area contributed by atoms with E-state index in [0.717, 1.165) is 43.2 Å². The Balaban J connectivity index is 1.19. The van der Waals surface area contributed by atoms with Gasteiger partial charge in [-0.15, -0.1) is 0 Å². The molecule has 5 heteroatoms. The molecule has 0 bridgehead atoms. The van der Waals surface area contributed by atoms with Gasteiger partial charge in [-0.05, 0) is 98.3 Å². The Labute approximate surface area is 166 Å². The summed E-state index contributed by atoms with van der Waals surface area (Å²) in [5, 5.41) is 6.25. The lowest BCUT2D eigenvalue weighted by atomic mass is 9.94. The fourth-order valence-corrected chi connectivity index (χ4v) is 4.98. The van der Waals surface area contributed by atoms with Crippen LogP contribution in [0.1, 0.15) is 68.5 Å². The summed E-state index contributed by atoms with van der Waals surface area (Å²) in [5.41, 5.74) is 9.31. The van der Waals surface area contributed by atoms with Crippen LogP contribution in [0.2, 0.25) is 0 Å². The van der Waals surface area contributed by atoms with Crippen molar-refractivity contribution in [2.75, 3.05) is 5.32 Å². The Morgan fingerprint density at radius 3 is 2.32 bits per heavy atom. The van der Waals surface area contributed by atoms with Crippen molar-refractivity contribution in [3.8, 4) is 0 Å². The molecule has 0 heterocycles. The SMILES string of the molecule is N[C@@H](C(=O)N[C@@H]1CCc2cc(NC(=O)CC(C3CC3)C3CC3)ccc21)C1CC1. The molecule has 5 rings (SSSR count). The molecule has 4 aliphatic carbocycles. The molecule has 5 nitrogen and oxygen atoms in total. The fourth-order valence-electron chi connectivity index (χ4n) is 4.98. The fraction of sp³-hybridized carbons (Fsp3) is 0.652. The van der Waals surface area contributed by atoms with Gasteiger partial charge in [0.2, 0.25) is 11.8 Å². The van der Waals surface area contributed by atoms with Gasteiger partial charge in [-0.3, -0.25) is 9.59 Å². The first-order chi connectivity index (χ1) is 13.6. The van der Waals surface area contributed by atoms with E-state index in [9.17, 15) is 9.59 Å². The van der Waals surface area contributed by atoms with Crippen LogP contribution in [0.5, 0.6) is 0 Å². The maximum absolute atomic E-state index is 12.6. The number of hydrogen-bond donors (Lipinski definition) is 3. The first kappa shape index (κ1) is 18.2. The highest BCUT2D eigenvalue weighted by Gasteiger charge is 2.42. The molecule has 1 aromatic rings. The normalized spacial score (nSPS) is 24.7. The van der Waals surface area contributed by atoms with Crippen molar-refractivity contribution < 1.29 is 9.59 Å². The first-order valence-corrected chi connectivity index (χ1v) is 11.1. The lowest BCUT2D eigenvalue weighted by Gasteiger charge is -2.18. The minimum atomic E-state index is -0.367. The summed E-state index contributed by atoms with van der Waals surface area (Å²) >= 11 is 0. The number of aryl methyl sites for hydroxylation is 1. The quantitative estimate of drug-likeness (QED) is 0.646. The van der Waals surface area contributed by atoms with Crippen LogP contribution in [0.3, 0.4) is 0 Å². The summed E-state index contributed by atoms with van der Waals surface area (Å²) < 4.78 is 0. The van der Waals surface area contributed by atoms with Crippen LogP contribution in [-0.4, -0.2) is 17.9 Å². The zero-order chi connectivity index (χ0) is 19.3. The molecule has 3 saturated carbocycles. The Morgan fingerprint density at radius 2 is 1.68 bits per heavy atom. The summed E-state index contributed by atoms with van der Waals surface area (Å²) in [5.74, 6) is 2.69. The molecule has 0 radical (unpaired) electrons. The molecule has 150 valence electrons. The van der Waals surface area contributed by atoms with Gasteiger partial charge in [-0.25, -0.2) is 0 Å². The van der Waals surface area contributed by atoms with E-state index in [1.807, 2.05) is 6.07 Å². The third-order valence-electron chi connectivity index (χ3n) is 7.13. The highest BCUT2D eigenvalue weighted by molar-refractivity contribution is 5.91. The smallest absolute Gasteiger partial charge is 0.237 e. The minimum Gasteiger partial charge on any atom is -0.348 e. The maximum Gasteiger partial charge on any atom is 0.237 e. The predicted octanol–water partition coefficient (Wildman–Crippen LogP) is 3.29.